The number of hydrogen-bond donors (Lipinski definition) is 1. The van der Waals surface area contributed by atoms with Gasteiger partial charge in [0.1, 0.15) is 0 Å². The molecular weight excluding hydrogens is 174 g/mol. The highest BCUT2D eigenvalue weighted by Gasteiger charge is 2.15. The predicted octanol–water partition coefficient (Wildman–Crippen LogP) is 3.08. The van der Waals surface area contributed by atoms with Gasteiger partial charge in [0, 0.05) is 0 Å². The molecule has 1 aromatic rings. The van der Waals surface area contributed by atoms with Crippen LogP contribution < -0.4 is 0 Å². The topological polar surface area (TPSA) is 32.6 Å². The van der Waals surface area contributed by atoms with Gasteiger partial charge in [0.15, 0.2) is 0 Å². The van der Waals surface area contributed by atoms with Gasteiger partial charge in [0.25, 0.3) is 0 Å². The average Bonchev–Trinajstić information content (AvgIpc) is 2.67. The largest absolute Gasteiger partial charge is 0.411 e. The van der Waals surface area contributed by atoms with Crippen molar-refractivity contribution in [2.45, 2.75) is 19.3 Å². The lowest BCUT2D eigenvalue weighted by atomic mass is 10.1. The number of oxime groups is 1. The van der Waals surface area contributed by atoms with E-state index in [2.05, 4.69) is 23.4 Å². The van der Waals surface area contributed by atoms with Crippen molar-refractivity contribution in [1.29, 1.82) is 0 Å². The van der Waals surface area contributed by atoms with Crippen molar-refractivity contribution in [3.05, 3.63) is 41.5 Å². The van der Waals surface area contributed by atoms with Gasteiger partial charge in [-0.15, -0.1) is 0 Å². The highest BCUT2D eigenvalue weighted by molar-refractivity contribution is 6.05. The Morgan fingerprint density at radius 3 is 2.64 bits per heavy atom. The minimum Gasteiger partial charge on any atom is -0.411 e. The van der Waals surface area contributed by atoms with Gasteiger partial charge >= 0.3 is 0 Å². The molecule has 2 nitrogen and oxygen atoms in total. The van der Waals surface area contributed by atoms with Crippen molar-refractivity contribution in [3.63, 3.8) is 0 Å². The van der Waals surface area contributed by atoms with E-state index >= 15 is 0 Å². The molecule has 0 atom stereocenters. The van der Waals surface area contributed by atoms with E-state index in [9.17, 15) is 0 Å². The summed E-state index contributed by atoms with van der Waals surface area (Å²) in [6, 6.07) is 10.1. The molecule has 0 spiro atoms. The Balaban J connectivity index is 2.27. The maximum Gasteiger partial charge on any atom is 0.0827 e. The minimum absolute atomic E-state index is 0.842. The second kappa shape index (κ2) is 4.09. The SMILES string of the molecule is O/N=C1\CCC\C1=C/c1ccccc1. The Kier molecular flexibility index (Phi) is 2.63. The maximum atomic E-state index is 8.76. The Hall–Kier alpha value is -1.57. The molecule has 1 saturated carbocycles. The summed E-state index contributed by atoms with van der Waals surface area (Å²) in [5, 5.41) is 12.1. The summed E-state index contributed by atoms with van der Waals surface area (Å²) in [5.41, 5.74) is 3.18. The second-order valence-electron chi connectivity index (χ2n) is 3.48. The molecule has 0 unspecified atom stereocenters. The van der Waals surface area contributed by atoms with Crippen molar-refractivity contribution in [1.82, 2.24) is 0 Å². The third kappa shape index (κ3) is 1.84. The molecule has 1 aliphatic rings. The fourth-order valence-electron chi connectivity index (χ4n) is 1.77. The van der Waals surface area contributed by atoms with E-state index in [-0.39, 0.29) is 0 Å². The summed E-state index contributed by atoms with van der Waals surface area (Å²) < 4.78 is 0. The van der Waals surface area contributed by atoms with E-state index < -0.39 is 0 Å². The summed E-state index contributed by atoms with van der Waals surface area (Å²) in [5.74, 6) is 0. The van der Waals surface area contributed by atoms with Crippen LogP contribution in [0.4, 0.5) is 0 Å². The number of allylic oxidation sites excluding steroid dienone is 1. The first-order chi connectivity index (χ1) is 6.90. The number of benzene rings is 1. The van der Waals surface area contributed by atoms with Crippen LogP contribution in [-0.4, -0.2) is 10.9 Å². The van der Waals surface area contributed by atoms with Crippen LogP contribution in [0.1, 0.15) is 24.8 Å². The van der Waals surface area contributed by atoms with Crippen LogP contribution in [0.25, 0.3) is 6.08 Å². The third-order valence-electron chi connectivity index (χ3n) is 2.49. The van der Waals surface area contributed by atoms with Crippen LogP contribution in [0.5, 0.6) is 0 Å². The van der Waals surface area contributed by atoms with Gasteiger partial charge in [-0.1, -0.05) is 35.5 Å². The lowest BCUT2D eigenvalue weighted by Gasteiger charge is -1.97. The highest BCUT2D eigenvalue weighted by Crippen LogP contribution is 2.23. The molecule has 1 aliphatic carbocycles. The number of hydrogen-bond acceptors (Lipinski definition) is 2. The Bertz CT molecular complexity index is 365. The number of rotatable bonds is 1. The van der Waals surface area contributed by atoms with Crippen molar-refractivity contribution in [2.24, 2.45) is 5.16 Å². The molecule has 14 heavy (non-hydrogen) atoms. The van der Waals surface area contributed by atoms with Crippen molar-refractivity contribution in [3.8, 4) is 0 Å². The second-order valence-corrected chi connectivity index (χ2v) is 3.48. The third-order valence-corrected chi connectivity index (χ3v) is 2.49. The molecule has 0 heterocycles. The van der Waals surface area contributed by atoms with Gasteiger partial charge in [-0.25, -0.2) is 0 Å². The summed E-state index contributed by atoms with van der Waals surface area (Å²) in [7, 11) is 0. The molecule has 2 rings (SSSR count). The number of nitrogens with zero attached hydrogens (tertiary/aromatic N) is 1. The standard InChI is InChI=1S/C12H13NO/c14-13-12-8-4-7-11(12)9-10-5-2-1-3-6-10/h1-3,5-6,9,14H,4,7-8H2/b11-9+,13-12+. The first kappa shape index (κ1) is 9.00. The molecule has 0 aliphatic heterocycles. The van der Waals surface area contributed by atoms with Crippen LogP contribution in [0.2, 0.25) is 0 Å². The van der Waals surface area contributed by atoms with Crippen LogP contribution in [0.3, 0.4) is 0 Å². The summed E-state index contributed by atoms with van der Waals surface area (Å²) >= 11 is 0. The fourth-order valence-corrected chi connectivity index (χ4v) is 1.77. The molecule has 1 fully saturated rings. The van der Waals surface area contributed by atoms with E-state index in [0.717, 1.165) is 25.0 Å². The maximum absolute atomic E-state index is 8.76. The van der Waals surface area contributed by atoms with E-state index in [0.29, 0.717) is 0 Å². The van der Waals surface area contributed by atoms with Crippen molar-refractivity contribution >= 4 is 11.8 Å². The first-order valence-corrected chi connectivity index (χ1v) is 4.87. The van der Waals surface area contributed by atoms with Crippen molar-refractivity contribution < 1.29 is 5.21 Å². The van der Waals surface area contributed by atoms with Gasteiger partial charge in [0.05, 0.1) is 5.71 Å². The minimum atomic E-state index is 0.842. The van der Waals surface area contributed by atoms with Gasteiger partial charge in [-0.2, -0.15) is 0 Å². The lowest BCUT2D eigenvalue weighted by Crippen LogP contribution is -1.92. The summed E-state index contributed by atoms with van der Waals surface area (Å²) in [4.78, 5) is 0. The smallest absolute Gasteiger partial charge is 0.0827 e. The molecular formula is C12H13NO. The van der Waals surface area contributed by atoms with Gasteiger partial charge in [-0.3, -0.25) is 0 Å². The molecule has 0 amide bonds. The molecule has 0 aromatic heterocycles. The first-order valence-electron chi connectivity index (χ1n) is 4.87. The molecule has 0 bridgehead atoms. The summed E-state index contributed by atoms with van der Waals surface area (Å²) in [6.45, 7) is 0. The Morgan fingerprint density at radius 1 is 1.14 bits per heavy atom. The van der Waals surface area contributed by atoms with Gasteiger partial charge in [-0.05, 0) is 36.5 Å². The summed E-state index contributed by atoms with van der Waals surface area (Å²) in [6.07, 6.45) is 5.11. The van der Waals surface area contributed by atoms with Crippen LogP contribution in [-0.2, 0) is 0 Å². The molecule has 1 aromatic carbocycles. The van der Waals surface area contributed by atoms with Crippen LogP contribution >= 0.6 is 0 Å². The fraction of sp³-hybridized carbons (Fsp3) is 0.250. The molecule has 0 radical (unpaired) electrons. The van der Waals surface area contributed by atoms with E-state index in [1.807, 2.05) is 18.2 Å². The van der Waals surface area contributed by atoms with Crippen molar-refractivity contribution in [2.75, 3.05) is 0 Å². The molecule has 2 heteroatoms. The van der Waals surface area contributed by atoms with E-state index in [1.165, 1.54) is 11.1 Å². The van der Waals surface area contributed by atoms with Crippen LogP contribution in [0, 0.1) is 0 Å². The highest BCUT2D eigenvalue weighted by atomic mass is 16.4. The molecule has 0 saturated heterocycles. The zero-order valence-corrected chi connectivity index (χ0v) is 7.98. The Morgan fingerprint density at radius 2 is 1.93 bits per heavy atom. The Labute approximate surface area is 83.6 Å². The van der Waals surface area contributed by atoms with Crippen LogP contribution in [0.15, 0.2) is 41.1 Å². The average molecular weight is 187 g/mol. The zero-order valence-electron chi connectivity index (χ0n) is 7.98. The lowest BCUT2D eigenvalue weighted by molar-refractivity contribution is 0.318. The van der Waals surface area contributed by atoms with Gasteiger partial charge < -0.3 is 5.21 Å². The monoisotopic (exact) mass is 187 g/mol. The quantitative estimate of drug-likeness (QED) is 0.531. The van der Waals surface area contributed by atoms with E-state index in [4.69, 9.17) is 5.21 Å². The zero-order chi connectivity index (χ0) is 9.80. The van der Waals surface area contributed by atoms with Gasteiger partial charge in [0.2, 0.25) is 0 Å². The normalized spacial score (nSPS) is 22.0. The molecule has 1 N–H and O–H groups in total. The predicted molar refractivity (Wildman–Crippen MR) is 57.5 cm³/mol. The molecule has 72 valence electrons. The van der Waals surface area contributed by atoms with E-state index in [1.54, 1.807) is 0 Å².